The average Bonchev–Trinajstić information content (AvgIpc) is 2.94. The number of anilines is 1. The van der Waals surface area contributed by atoms with Gasteiger partial charge in [0, 0.05) is 22.4 Å². The van der Waals surface area contributed by atoms with Gasteiger partial charge in [-0.3, -0.25) is 9.78 Å². The number of carbonyl (C=O) groups excluding carboxylic acids is 1. The van der Waals surface area contributed by atoms with Gasteiger partial charge in [0.25, 0.3) is 5.91 Å². The first kappa shape index (κ1) is 16.7. The maximum Gasteiger partial charge on any atom is 0.275 e. The third kappa shape index (κ3) is 3.30. The van der Waals surface area contributed by atoms with E-state index in [-0.39, 0.29) is 5.91 Å². The lowest BCUT2D eigenvalue weighted by molar-refractivity contribution is -0.110. The van der Waals surface area contributed by atoms with E-state index < -0.39 is 0 Å². The molecule has 26 heavy (non-hydrogen) atoms. The SMILES string of the molecule is Cc1cc(Br)cc2c1NC(=O)C2=Nc1ccc(Cc2ccncc2)cc1. The third-order valence-electron chi connectivity index (χ3n) is 4.34. The Kier molecular flexibility index (Phi) is 4.39. The van der Waals surface area contributed by atoms with Crippen molar-refractivity contribution < 1.29 is 4.79 Å². The molecule has 4 nitrogen and oxygen atoms in total. The third-order valence-corrected chi connectivity index (χ3v) is 4.80. The molecule has 0 aliphatic carbocycles. The molecule has 0 spiro atoms. The predicted octanol–water partition coefficient (Wildman–Crippen LogP) is 4.82. The van der Waals surface area contributed by atoms with Crippen LogP contribution in [0.3, 0.4) is 0 Å². The highest BCUT2D eigenvalue weighted by molar-refractivity contribution is 9.10. The molecule has 5 heteroatoms. The number of aryl methyl sites for hydroxylation is 1. The Labute approximate surface area is 160 Å². The van der Waals surface area contributed by atoms with Crippen molar-refractivity contribution in [3.05, 3.63) is 87.7 Å². The van der Waals surface area contributed by atoms with E-state index in [1.807, 2.05) is 55.5 Å². The van der Waals surface area contributed by atoms with Crippen LogP contribution in [0.5, 0.6) is 0 Å². The number of aromatic nitrogens is 1. The summed E-state index contributed by atoms with van der Waals surface area (Å²) in [4.78, 5) is 21.0. The van der Waals surface area contributed by atoms with Crippen molar-refractivity contribution in [1.82, 2.24) is 4.98 Å². The number of pyridine rings is 1. The van der Waals surface area contributed by atoms with Crippen LogP contribution in [0.25, 0.3) is 0 Å². The van der Waals surface area contributed by atoms with Crippen molar-refractivity contribution >= 4 is 38.9 Å². The first-order valence-corrected chi connectivity index (χ1v) is 9.08. The zero-order chi connectivity index (χ0) is 18.1. The number of carbonyl (C=O) groups is 1. The van der Waals surface area contributed by atoms with Gasteiger partial charge in [-0.2, -0.15) is 0 Å². The van der Waals surface area contributed by atoms with Gasteiger partial charge in [-0.05, 0) is 66.4 Å². The summed E-state index contributed by atoms with van der Waals surface area (Å²) >= 11 is 3.49. The van der Waals surface area contributed by atoms with Gasteiger partial charge in [0.15, 0.2) is 0 Å². The highest BCUT2D eigenvalue weighted by Crippen LogP contribution is 2.32. The number of hydrogen-bond donors (Lipinski definition) is 1. The largest absolute Gasteiger partial charge is 0.320 e. The number of hydrogen-bond acceptors (Lipinski definition) is 3. The Morgan fingerprint density at radius 2 is 1.73 bits per heavy atom. The van der Waals surface area contributed by atoms with E-state index in [1.165, 1.54) is 11.1 Å². The van der Waals surface area contributed by atoms with E-state index in [4.69, 9.17) is 0 Å². The van der Waals surface area contributed by atoms with E-state index in [2.05, 4.69) is 31.2 Å². The van der Waals surface area contributed by atoms with Crippen molar-refractivity contribution in [2.24, 2.45) is 4.99 Å². The number of rotatable bonds is 3. The maximum absolute atomic E-state index is 12.3. The highest BCUT2D eigenvalue weighted by Gasteiger charge is 2.27. The fourth-order valence-electron chi connectivity index (χ4n) is 3.06. The highest BCUT2D eigenvalue weighted by atomic mass is 79.9. The number of nitrogens with zero attached hydrogens (tertiary/aromatic N) is 2. The predicted molar refractivity (Wildman–Crippen MR) is 107 cm³/mol. The Morgan fingerprint density at radius 3 is 2.46 bits per heavy atom. The standard InChI is InChI=1S/C21H16BrN3O/c1-13-10-16(22)12-18-19(13)25-21(26)20(18)24-17-4-2-14(3-5-17)11-15-6-8-23-9-7-15/h2-10,12H,11H2,1H3,(H,24,25,26). The van der Waals surface area contributed by atoms with Crippen molar-refractivity contribution in [2.75, 3.05) is 5.32 Å². The molecule has 2 aromatic carbocycles. The first-order valence-electron chi connectivity index (χ1n) is 8.28. The summed E-state index contributed by atoms with van der Waals surface area (Å²) in [5.41, 5.74) is 6.30. The van der Waals surface area contributed by atoms with Gasteiger partial charge in [0.05, 0.1) is 11.4 Å². The quantitative estimate of drug-likeness (QED) is 0.678. The lowest BCUT2D eigenvalue weighted by Crippen LogP contribution is -2.14. The molecule has 128 valence electrons. The number of aliphatic imine (C=N–C) groups is 1. The van der Waals surface area contributed by atoms with E-state index in [9.17, 15) is 4.79 Å². The minimum Gasteiger partial charge on any atom is -0.320 e. The summed E-state index contributed by atoms with van der Waals surface area (Å²) in [6.45, 7) is 1.97. The van der Waals surface area contributed by atoms with Crippen molar-refractivity contribution in [3.63, 3.8) is 0 Å². The monoisotopic (exact) mass is 405 g/mol. The number of fused-ring (bicyclic) bond motifs is 1. The Balaban J connectivity index is 1.62. The molecule has 0 unspecified atom stereocenters. The van der Waals surface area contributed by atoms with Crippen LogP contribution in [0, 0.1) is 6.92 Å². The van der Waals surface area contributed by atoms with Crippen LogP contribution in [0.4, 0.5) is 11.4 Å². The molecule has 0 atom stereocenters. The smallest absolute Gasteiger partial charge is 0.275 e. The van der Waals surface area contributed by atoms with Gasteiger partial charge in [0.2, 0.25) is 0 Å². The van der Waals surface area contributed by atoms with Crippen molar-refractivity contribution in [2.45, 2.75) is 13.3 Å². The molecule has 0 fully saturated rings. The van der Waals surface area contributed by atoms with Crippen LogP contribution in [-0.4, -0.2) is 16.6 Å². The summed E-state index contributed by atoms with van der Waals surface area (Å²) in [6, 6.07) is 15.9. The van der Waals surface area contributed by atoms with Gasteiger partial charge in [-0.25, -0.2) is 4.99 Å². The molecule has 1 aliphatic rings. The second-order valence-electron chi connectivity index (χ2n) is 6.26. The van der Waals surface area contributed by atoms with Crippen molar-refractivity contribution in [1.29, 1.82) is 0 Å². The Morgan fingerprint density at radius 1 is 1.04 bits per heavy atom. The number of benzene rings is 2. The zero-order valence-electron chi connectivity index (χ0n) is 14.2. The minimum absolute atomic E-state index is 0.165. The molecular weight excluding hydrogens is 390 g/mol. The van der Waals surface area contributed by atoms with E-state index in [0.717, 1.165) is 33.4 Å². The second-order valence-corrected chi connectivity index (χ2v) is 7.17. The second kappa shape index (κ2) is 6.84. The van der Waals surface area contributed by atoms with Gasteiger partial charge < -0.3 is 5.32 Å². The Bertz CT molecular complexity index is 1010. The van der Waals surface area contributed by atoms with Crippen LogP contribution >= 0.6 is 15.9 Å². The van der Waals surface area contributed by atoms with Gasteiger partial charge >= 0.3 is 0 Å². The summed E-state index contributed by atoms with van der Waals surface area (Å²) in [5.74, 6) is -0.165. The molecule has 0 bridgehead atoms. The molecular formula is C21H16BrN3O. The zero-order valence-corrected chi connectivity index (χ0v) is 15.7. The van der Waals surface area contributed by atoms with Crippen LogP contribution < -0.4 is 5.32 Å². The normalized spacial score (nSPS) is 14.4. The molecule has 2 heterocycles. The molecule has 1 aliphatic heterocycles. The molecule has 0 saturated carbocycles. The lowest BCUT2D eigenvalue weighted by atomic mass is 10.1. The average molecular weight is 406 g/mol. The van der Waals surface area contributed by atoms with E-state index >= 15 is 0 Å². The van der Waals surface area contributed by atoms with Crippen LogP contribution in [0.1, 0.15) is 22.3 Å². The summed E-state index contributed by atoms with van der Waals surface area (Å²) in [5, 5.41) is 2.91. The fourth-order valence-corrected chi connectivity index (χ4v) is 3.63. The molecule has 3 aromatic rings. The number of amides is 1. The number of halogens is 1. The molecule has 1 aromatic heterocycles. The van der Waals surface area contributed by atoms with Crippen molar-refractivity contribution in [3.8, 4) is 0 Å². The van der Waals surface area contributed by atoms with Crippen LogP contribution in [0.15, 0.2) is 70.4 Å². The van der Waals surface area contributed by atoms with Gasteiger partial charge in [-0.1, -0.05) is 28.1 Å². The topological polar surface area (TPSA) is 54.4 Å². The lowest BCUT2D eigenvalue weighted by Gasteiger charge is -2.04. The molecule has 4 rings (SSSR count). The number of nitrogens with one attached hydrogen (secondary N) is 1. The maximum atomic E-state index is 12.3. The fraction of sp³-hybridized carbons (Fsp3) is 0.0952. The first-order chi connectivity index (χ1) is 12.6. The van der Waals surface area contributed by atoms with Gasteiger partial charge in [-0.15, -0.1) is 0 Å². The van der Waals surface area contributed by atoms with Gasteiger partial charge in [0.1, 0.15) is 5.71 Å². The minimum atomic E-state index is -0.165. The van der Waals surface area contributed by atoms with E-state index in [0.29, 0.717) is 5.71 Å². The van der Waals surface area contributed by atoms with Crippen LogP contribution in [-0.2, 0) is 11.2 Å². The summed E-state index contributed by atoms with van der Waals surface area (Å²) < 4.78 is 0.936. The molecule has 0 radical (unpaired) electrons. The molecule has 1 N–H and O–H groups in total. The van der Waals surface area contributed by atoms with E-state index in [1.54, 1.807) is 12.4 Å². The molecule has 1 amide bonds. The van der Waals surface area contributed by atoms with Crippen LogP contribution in [0.2, 0.25) is 0 Å². The summed E-state index contributed by atoms with van der Waals surface area (Å²) in [7, 11) is 0. The Hall–Kier alpha value is -2.79. The summed E-state index contributed by atoms with van der Waals surface area (Å²) in [6.07, 6.45) is 4.44. The molecule has 0 saturated heterocycles.